The molecule has 8 heteroatoms. The SMILES string of the molecule is [2H]C([2H])([2H])c1nccc2nc(-c3[c-]ccc4c3oc3nc(C(C)C)ccc34)n(-c3ccccc3)c12.[2H]C([2H])(c1cc(-c2[c-]cccc2)ncc1[Si](C)(C)C)C(C)C.[Ir]. The van der Waals surface area contributed by atoms with Crippen LogP contribution in [0.1, 0.15) is 57.4 Å². The second-order valence-corrected chi connectivity index (χ2v) is 19.6. The third kappa shape index (κ3) is 7.82. The van der Waals surface area contributed by atoms with Crippen molar-refractivity contribution >= 4 is 46.4 Å². The van der Waals surface area contributed by atoms with Crippen LogP contribution in [0.3, 0.4) is 0 Å². The molecule has 0 N–H and O–H groups in total. The Kier molecular flexibility index (Phi) is 9.40. The number of hydrogen-bond donors (Lipinski definition) is 0. The van der Waals surface area contributed by atoms with E-state index in [-0.39, 0.29) is 37.6 Å². The summed E-state index contributed by atoms with van der Waals surface area (Å²) in [6, 6.07) is 35.2. The van der Waals surface area contributed by atoms with Crippen molar-refractivity contribution in [2.24, 2.45) is 5.92 Å². The van der Waals surface area contributed by atoms with Crippen LogP contribution in [-0.4, -0.2) is 32.6 Å². The van der Waals surface area contributed by atoms with E-state index >= 15 is 0 Å². The zero-order valence-corrected chi connectivity index (χ0v) is 34.3. The minimum absolute atomic E-state index is 0. The summed E-state index contributed by atoms with van der Waals surface area (Å²) in [5, 5.41) is 2.91. The Bertz CT molecular complexity index is 2710. The number of nitrogens with zero attached hydrogens (tertiary/aromatic N) is 5. The molecule has 0 atom stereocenters. The van der Waals surface area contributed by atoms with Gasteiger partial charge in [0.2, 0.25) is 5.71 Å². The number of rotatable bonds is 7. The van der Waals surface area contributed by atoms with Gasteiger partial charge in [-0.2, -0.15) is 0 Å². The number of pyridine rings is 3. The number of benzene rings is 3. The van der Waals surface area contributed by atoms with E-state index in [4.69, 9.17) is 21.2 Å². The maximum Gasteiger partial charge on any atom is 0.216 e. The third-order valence-corrected chi connectivity index (χ3v) is 10.9. The molecule has 0 aliphatic rings. The first kappa shape index (κ1) is 31.7. The standard InChI is InChI=1S/C27H21N4O.C18H24NSi.Ir/c1-16(2)22-13-12-20-19-10-7-11-21(25(19)32-27(20)30-22)26-29-23-14-15-28-17(3)24(23)31(26)18-8-5-4-6-9-18;1-14(2)11-16-12-17(15-9-7-6-8-10-15)19-13-18(16)20(3,4)5;/h4-10,12-16H,1-3H3;6-9,12-14H,11H2,1-5H3;/q2*-1;/i3D3;11D2;. The van der Waals surface area contributed by atoms with E-state index in [9.17, 15) is 0 Å². The van der Waals surface area contributed by atoms with Gasteiger partial charge in [0.05, 0.1) is 36.2 Å². The van der Waals surface area contributed by atoms with Gasteiger partial charge in [-0.3, -0.25) is 9.97 Å². The zero-order chi connectivity index (χ0) is 40.9. The summed E-state index contributed by atoms with van der Waals surface area (Å²) in [7, 11) is -1.67. The van der Waals surface area contributed by atoms with E-state index < -0.39 is 21.3 Å². The molecule has 0 saturated carbocycles. The number of fused-ring (bicyclic) bond motifs is 4. The molecular formula is C45H45IrN5OSi-2. The van der Waals surface area contributed by atoms with Crippen molar-refractivity contribution in [1.82, 2.24) is 24.5 Å². The van der Waals surface area contributed by atoms with Crippen LogP contribution in [0.4, 0.5) is 0 Å². The fourth-order valence-electron chi connectivity index (χ4n) is 6.33. The molecule has 8 rings (SSSR count). The van der Waals surface area contributed by atoms with E-state index in [1.54, 1.807) is 6.07 Å². The second kappa shape index (κ2) is 15.7. The minimum Gasteiger partial charge on any atom is -0.486 e. The van der Waals surface area contributed by atoms with Crippen LogP contribution in [0, 0.1) is 24.9 Å². The van der Waals surface area contributed by atoms with Crippen LogP contribution in [0.25, 0.3) is 61.4 Å². The van der Waals surface area contributed by atoms with Gasteiger partial charge >= 0.3 is 0 Å². The first-order chi connectivity index (χ1) is 27.0. The van der Waals surface area contributed by atoms with Gasteiger partial charge in [-0.15, -0.1) is 54.1 Å². The van der Waals surface area contributed by atoms with Crippen LogP contribution in [0.2, 0.25) is 19.6 Å². The monoisotopic (exact) mass is 897 g/mol. The molecule has 0 bridgehead atoms. The third-order valence-electron chi connectivity index (χ3n) is 8.86. The summed E-state index contributed by atoms with van der Waals surface area (Å²) in [5.41, 5.74) is 6.97. The molecule has 3 aromatic carbocycles. The Morgan fingerprint density at radius 1 is 0.868 bits per heavy atom. The molecule has 271 valence electrons. The quantitative estimate of drug-likeness (QED) is 0.118. The molecule has 0 fully saturated rings. The maximum atomic E-state index is 8.55. The molecule has 5 heterocycles. The number of furan rings is 1. The van der Waals surface area contributed by atoms with Gasteiger partial charge in [0, 0.05) is 56.1 Å². The van der Waals surface area contributed by atoms with Crippen LogP contribution >= 0.6 is 0 Å². The van der Waals surface area contributed by atoms with Crippen molar-refractivity contribution in [3.63, 3.8) is 0 Å². The normalized spacial score (nSPS) is 13.6. The largest absolute Gasteiger partial charge is 0.486 e. The first-order valence-electron chi connectivity index (χ1n) is 20.1. The molecule has 1 radical (unpaired) electrons. The van der Waals surface area contributed by atoms with Crippen LogP contribution in [0.15, 0.2) is 108 Å². The van der Waals surface area contributed by atoms with Crippen molar-refractivity contribution in [1.29, 1.82) is 0 Å². The summed E-state index contributed by atoms with van der Waals surface area (Å²) < 4.78 is 49.5. The van der Waals surface area contributed by atoms with Crippen molar-refractivity contribution in [2.45, 2.75) is 66.5 Å². The molecule has 6 nitrogen and oxygen atoms in total. The number of hydrogen-bond acceptors (Lipinski definition) is 5. The van der Waals surface area contributed by atoms with E-state index in [1.807, 2.05) is 110 Å². The van der Waals surface area contributed by atoms with Crippen molar-refractivity contribution < 1.29 is 31.4 Å². The molecule has 0 aliphatic heterocycles. The molecular weight excluding hydrogens is 847 g/mol. The van der Waals surface area contributed by atoms with E-state index in [0.717, 1.165) is 44.2 Å². The summed E-state index contributed by atoms with van der Waals surface area (Å²) in [6.45, 7) is 12.3. The van der Waals surface area contributed by atoms with Crippen molar-refractivity contribution in [3.8, 4) is 28.3 Å². The Morgan fingerprint density at radius 2 is 1.66 bits per heavy atom. The number of aromatic nitrogens is 5. The van der Waals surface area contributed by atoms with Crippen LogP contribution in [0.5, 0.6) is 0 Å². The topological polar surface area (TPSA) is 69.6 Å². The molecule has 0 amide bonds. The second-order valence-electron chi connectivity index (χ2n) is 14.5. The number of aryl methyl sites for hydroxylation is 1. The van der Waals surface area contributed by atoms with Gasteiger partial charge in [0.1, 0.15) is 0 Å². The smallest absolute Gasteiger partial charge is 0.216 e. The molecule has 0 spiro atoms. The Balaban J connectivity index is 0.000000214. The molecule has 0 unspecified atom stereocenters. The molecule has 8 aromatic rings. The molecule has 0 saturated heterocycles. The predicted octanol–water partition coefficient (Wildman–Crippen LogP) is 10.9. The van der Waals surface area contributed by atoms with Gasteiger partial charge in [0.25, 0.3) is 0 Å². The Morgan fingerprint density at radius 3 is 2.36 bits per heavy atom. The van der Waals surface area contributed by atoms with Crippen molar-refractivity contribution in [3.05, 3.63) is 132 Å². The van der Waals surface area contributed by atoms with Gasteiger partial charge < -0.3 is 14.0 Å². The van der Waals surface area contributed by atoms with E-state index in [1.165, 1.54) is 6.20 Å². The number of imidazole rings is 1. The molecule has 5 aromatic heterocycles. The zero-order valence-electron chi connectivity index (χ0n) is 35.9. The Labute approximate surface area is 334 Å². The molecule has 53 heavy (non-hydrogen) atoms. The average molecular weight is 897 g/mol. The average Bonchev–Trinajstić information content (AvgIpc) is 3.76. The van der Waals surface area contributed by atoms with E-state index in [0.29, 0.717) is 33.7 Å². The fraction of sp³-hybridized carbons (Fsp3) is 0.244. The number of para-hydroxylation sites is 1. The van der Waals surface area contributed by atoms with Gasteiger partial charge in [-0.25, -0.2) is 4.98 Å². The first-order valence-corrected chi connectivity index (χ1v) is 21.1. The van der Waals surface area contributed by atoms with Crippen LogP contribution < -0.4 is 5.19 Å². The van der Waals surface area contributed by atoms with E-state index in [2.05, 4.69) is 55.6 Å². The van der Waals surface area contributed by atoms with Gasteiger partial charge in [-0.1, -0.05) is 88.1 Å². The predicted molar refractivity (Wildman–Crippen MR) is 217 cm³/mol. The van der Waals surface area contributed by atoms with Crippen LogP contribution in [-0.2, 0) is 26.5 Å². The summed E-state index contributed by atoms with van der Waals surface area (Å²) in [4.78, 5) is 18.4. The maximum absolute atomic E-state index is 8.55. The Hall–Kier alpha value is -4.75. The summed E-state index contributed by atoms with van der Waals surface area (Å²) in [5.74, 6) is 0.711. The minimum atomic E-state index is -2.41. The van der Waals surface area contributed by atoms with Gasteiger partial charge in [-0.05, 0) is 66.3 Å². The van der Waals surface area contributed by atoms with Gasteiger partial charge in [0.15, 0.2) is 0 Å². The fourth-order valence-corrected chi connectivity index (χ4v) is 7.73. The summed E-state index contributed by atoms with van der Waals surface area (Å²) in [6.07, 6.45) is 2.01. The molecule has 0 aliphatic carbocycles. The summed E-state index contributed by atoms with van der Waals surface area (Å²) >= 11 is 0. The van der Waals surface area contributed by atoms with Crippen molar-refractivity contribution in [2.75, 3.05) is 0 Å².